The van der Waals surface area contributed by atoms with E-state index in [0.717, 1.165) is 28.0 Å². The Hall–Kier alpha value is -5.13. The van der Waals surface area contributed by atoms with Crippen molar-refractivity contribution in [1.29, 1.82) is 0 Å². The number of fused-ring (bicyclic) bond motifs is 2. The monoisotopic (exact) mass is 550 g/mol. The van der Waals surface area contributed by atoms with Crippen molar-refractivity contribution in [2.24, 2.45) is 7.05 Å². The molecule has 1 saturated heterocycles. The van der Waals surface area contributed by atoms with E-state index in [1.165, 1.54) is 12.4 Å². The third-order valence-electron chi connectivity index (χ3n) is 7.31. The molecule has 0 spiro atoms. The van der Waals surface area contributed by atoms with Crippen molar-refractivity contribution >= 4 is 45.4 Å². The maximum atomic E-state index is 12.3. The number of rotatable bonds is 6. The van der Waals surface area contributed by atoms with Crippen molar-refractivity contribution in [1.82, 2.24) is 39.8 Å². The zero-order valence-electron chi connectivity index (χ0n) is 23.3. The van der Waals surface area contributed by atoms with Crippen molar-refractivity contribution in [2.75, 3.05) is 23.3 Å². The number of anilines is 3. The summed E-state index contributed by atoms with van der Waals surface area (Å²) in [7, 11) is 1.86. The normalized spacial score (nSPS) is 17.2. The van der Waals surface area contributed by atoms with Crippen LogP contribution in [0.3, 0.4) is 0 Å². The van der Waals surface area contributed by atoms with Gasteiger partial charge in [-0.15, -0.1) is 5.10 Å². The number of piperazine rings is 1. The summed E-state index contributed by atoms with van der Waals surface area (Å²) < 4.78 is 7.87. The van der Waals surface area contributed by atoms with Crippen molar-refractivity contribution in [3.63, 3.8) is 0 Å². The highest BCUT2D eigenvalue weighted by molar-refractivity contribution is 5.88. The highest BCUT2D eigenvalue weighted by Gasteiger charge is 2.32. The summed E-state index contributed by atoms with van der Waals surface area (Å²) in [5, 5.41) is 11.6. The first-order valence-electron chi connectivity index (χ1n) is 13.3. The first kappa shape index (κ1) is 26.1. The molecule has 0 unspecified atom stereocenters. The molecule has 5 aromatic rings. The van der Waals surface area contributed by atoms with Crippen LogP contribution in [-0.2, 0) is 11.8 Å². The van der Waals surface area contributed by atoms with E-state index in [2.05, 4.69) is 49.0 Å². The number of amides is 1. The van der Waals surface area contributed by atoms with Gasteiger partial charge in [0, 0.05) is 44.0 Å². The number of hydrogen-bond acceptors (Lipinski definition) is 10. The molecule has 4 heterocycles. The third kappa shape index (κ3) is 4.99. The van der Waals surface area contributed by atoms with Gasteiger partial charge in [0.05, 0.1) is 11.7 Å². The maximum Gasteiger partial charge on any atom is 0.246 e. The molecule has 0 radical (unpaired) electrons. The van der Waals surface area contributed by atoms with Crippen molar-refractivity contribution in [3.8, 4) is 11.5 Å². The molecule has 3 aromatic heterocycles. The zero-order valence-corrected chi connectivity index (χ0v) is 23.3. The minimum atomic E-state index is -0.0680. The molecular formula is C29H30N10O2. The quantitative estimate of drug-likeness (QED) is 0.308. The van der Waals surface area contributed by atoms with E-state index >= 15 is 0 Å². The number of nitrogens with zero attached hydrogens (tertiary/aromatic N) is 9. The molecule has 2 atom stereocenters. The molecule has 1 fully saturated rings. The molecule has 12 nitrogen and oxygen atoms in total. The van der Waals surface area contributed by atoms with Gasteiger partial charge in [0.15, 0.2) is 5.82 Å². The van der Waals surface area contributed by atoms with Crippen LogP contribution in [0.25, 0.3) is 22.1 Å². The second-order valence-electron chi connectivity index (χ2n) is 10.2. The molecule has 0 saturated carbocycles. The molecule has 6 rings (SSSR count). The topological polar surface area (TPSA) is 127 Å². The Morgan fingerprint density at radius 1 is 1.07 bits per heavy atom. The lowest BCUT2D eigenvalue weighted by Crippen LogP contribution is -2.58. The molecule has 2 aromatic carbocycles. The summed E-state index contributed by atoms with van der Waals surface area (Å²) in [6.45, 7) is 10.8. The van der Waals surface area contributed by atoms with Gasteiger partial charge >= 0.3 is 0 Å². The highest BCUT2D eigenvalue weighted by Crippen LogP contribution is 2.31. The Kier molecular flexibility index (Phi) is 6.66. The van der Waals surface area contributed by atoms with Crippen LogP contribution in [0.4, 0.5) is 17.5 Å². The fraction of sp³-hybridized carbons (Fsp3) is 0.276. The molecule has 1 amide bonds. The van der Waals surface area contributed by atoms with E-state index in [4.69, 9.17) is 9.72 Å². The largest absolute Gasteiger partial charge is 0.457 e. The van der Waals surface area contributed by atoms with Crippen LogP contribution >= 0.6 is 0 Å². The van der Waals surface area contributed by atoms with Crippen LogP contribution in [-0.4, -0.2) is 70.9 Å². The Balaban J connectivity index is 1.23. The molecular weight excluding hydrogens is 520 g/mol. The molecule has 1 aliphatic heterocycles. The summed E-state index contributed by atoms with van der Waals surface area (Å²) in [6.07, 6.45) is 4.56. The molecule has 41 heavy (non-hydrogen) atoms. The predicted molar refractivity (Wildman–Crippen MR) is 156 cm³/mol. The number of ether oxygens (including phenoxy) is 1. The van der Waals surface area contributed by atoms with Gasteiger partial charge in [-0.2, -0.15) is 0 Å². The smallest absolute Gasteiger partial charge is 0.246 e. The average Bonchev–Trinajstić information content (AvgIpc) is 3.34. The van der Waals surface area contributed by atoms with Crippen LogP contribution in [0.1, 0.15) is 19.4 Å². The van der Waals surface area contributed by atoms with Gasteiger partial charge in [-0.25, -0.2) is 24.6 Å². The lowest BCUT2D eigenvalue weighted by Gasteiger charge is -2.43. The first-order chi connectivity index (χ1) is 19.8. The van der Waals surface area contributed by atoms with Gasteiger partial charge in [0.1, 0.15) is 34.4 Å². The fourth-order valence-corrected chi connectivity index (χ4v) is 5.09. The predicted octanol–water partition coefficient (Wildman–Crippen LogP) is 4.16. The average molecular weight is 551 g/mol. The number of carbonyl (C=O) groups is 1. The summed E-state index contributed by atoms with van der Waals surface area (Å²) in [5.74, 6) is 2.49. The van der Waals surface area contributed by atoms with Crippen LogP contribution in [0.5, 0.6) is 11.5 Å². The summed E-state index contributed by atoms with van der Waals surface area (Å²) in [5.41, 5.74) is 4.72. The second-order valence-corrected chi connectivity index (χ2v) is 10.2. The zero-order chi connectivity index (χ0) is 28.7. The van der Waals surface area contributed by atoms with Crippen LogP contribution in [0.2, 0.25) is 0 Å². The van der Waals surface area contributed by atoms with E-state index < -0.39 is 0 Å². The Morgan fingerprint density at radius 2 is 1.93 bits per heavy atom. The Morgan fingerprint density at radius 3 is 2.73 bits per heavy atom. The van der Waals surface area contributed by atoms with Gasteiger partial charge in [-0.1, -0.05) is 11.8 Å². The van der Waals surface area contributed by atoms with E-state index in [1.54, 1.807) is 10.9 Å². The summed E-state index contributed by atoms with van der Waals surface area (Å²) in [6, 6.07) is 11.6. The SMILES string of the molecule is C=CC(=O)N1C[C@H](C)N(c2ncc3ncnc(Nc4ccc(Oc5ccc6c(c5)nnn6C)c(C)c4)c3n2)C[C@H]1C. The number of nitrogens with one attached hydrogen (secondary N) is 1. The molecule has 0 bridgehead atoms. The van der Waals surface area contributed by atoms with Crippen LogP contribution in [0, 0.1) is 6.92 Å². The van der Waals surface area contributed by atoms with Crippen molar-refractivity contribution in [2.45, 2.75) is 32.9 Å². The van der Waals surface area contributed by atoms with Crippen LogP contribution < -0.4 is 15.0 Å². The van der Waals surface area contributed by atoms with Gasteiger partial charge in [0.2, 0.25) is 11.9 Å². The second kappa shape index (κ2) is 10.5. The standard InChI is InChI=1S/C29H30N10O2/c1-6-26(40)38-14-19(4)39(15-18(38)3)29-30-13-23-27(34-29)28(32-16-31-23)33-20-7-10-25(17(2)11-20)41-21-8-9-24-22(12-21)35-36-37(24)5/h6-13,16,18-19H,1,14-15H2,2-5H3,(H,31,32,33)/t18-,19+/m1/s1. The van der Waals surface area contributed by atoms with E-state index in [1.807, 2.05) is 62.2 Å². The van der Waals surface area contributed by atoms with Crippen molar-refractivity contribution in [3.05, 3.63) is 67.1 Å². The summed E-state index contributed by atoms with van der Waals surface area (Å²) in [4.78, 5) is 34.5. The van der Waals surface area contributed by atoms with Crippen molar-refractivity contribution < 1.29 is 9.53 Å². The number of carbonyl (C=O) groups excluding carboxylic acids is 1. The number of aryl methyl sites for hydroxylation is 2. The summed E-state index contributed by atoms with van der Waals surface area (Å²) >= 11 is 0. The maximum absolute atomic E-state index is 12.3. The van der Waals surface area contributed by atoms with Crippen LogP contribution in [0.15, 0.2) is 61.6 Å². The van der Waals surface area contributed by atoms with Gasteiger partial charge in [0.25, 0.3) is 0 Å². The van der Waals surface area contributed by atoms with E-state index in [0.29, 0.717) is 41.6 Å². The Bertz CT molecular complexity index is 1780. The molecule has 12 heteroatoms. The highest BCUT2D eigenvalue weighted by atomic mass is 16.5. The van der Waals surface area contributed by atoms with Gasteiger partial charge < -0.3 is 19.9 Å². The Labute approximate surface area is 236 Å². The van der Waals surface area contributed by atoms with E-state index in [-0.39, 0.29) is 18.0 Å². The molecule has 208 valence electrons. The number of aromatic nitrogens is 7. The minimum Gasteiger partial charge on any atom is -0.457 e. The number of benzene rings is 2. The van der Waals surface area contributed by atoms with Gasteiger partial charge in [-0.3, -0.25) is 4.79 Å². The minimum absolute atomic E-state index is 0.00754. The third-order valence-corrected chi connectivity index (χ3v) is 7.31. The van der Waals surface area contributed by atoms with E-state index in [9.17, 15) is 4.79 Å². The molecule has 0 aliphatic carbocycles. The molecule has 1 aliphatic rings. The fourth-order valence-electron chi connectivity index (χ4n) is 5.09. The first-order valence-corrected chi connectivity index (χ1v) is 13.3. The van der Waals surface area contributed by atoms with Gasteiger partial charge in [-0.05, 0) is 62.7 Å². The lowest BCUT2D eigenvalue weighted by molar-refractivity contribution is -0.128. The lowest BCUT2D eigenvalue weighted by atomic mass is 10.1. The molecule has 1 N–H and O–H groups in total. The number of hydrogen-bond donors (Lipinski definition) is 1.